The van der Waals surface area contributed by atoms with E-state index in [1.807, 2.05) is 106 Å². The Bertz CT molecular complexity index is 3470. The third kappa shape index (κ3) is 6.58. The zero-order chi connectivity index (χ0) is 40.6. The molecule has 0 saturated carbocycles. The Labute approximate surface area is 385 Å². The Morgan fingerprint density at radius 1 is 0.397 bits per heavy atom. The van der Waals surface area contributed by atoms with E-state index in [0.717, 1.165) is 32.6 Å². The molecule has 0 atom stereocenters. The first-order chi connectivity index (χ1) is 30.1. The van der Waals surface area contributed by atoms with Crippen LogP contribution in [0.2, 0.25) is 0 Å². The van der Waals surface area contributed by atoms with Crippen molar-refractivity contribution in [1.82, 2.24) is 33.6 Å². The van der Waals surface area contributed by atoms with Gasteiger partial charge in [-0.1, -0.05) is 70.6 Å². The van der Waals surface area contributed by atoms with E-state index in [-0.39, 0.29) is 71.1 Å². The van der Waals surface area contributed by atoms with Crippen molar-refractivity contribution in [3.8, 4) is 40.6 Å². The van der Waals surface area contributed by atoms with E-state index in [4.69, 9.17) is 9.47 Å². The number of rotatable bonds is 7. The van der Waals surface area contributed by atoms with E-state index < -0.39 is 11.6 Å². The molecule has 0 fully saturated rings. The van der Waals surface area contributed by atoms with E-state index in [0.29, 0.717) is 44.5 Å². The number of pyridine rings is 2. The first-order valence-electron chi connectivity index (χ1n) is 19.3. The largest absolute Gasteiger partial charge is 2.00 e. The van der Waals surface area contributed by atoms with Crippen LogP contribution in [0.3, 0.4) is 0 Å². The van der Waals surface area contributed by atoms with E-state index in [2.05, 4.69) is 44.2 Å². The molecule has 6 aromatic heterocycles. The predicted octanol–water partition coefficient (Wildman–Crippen LogP) is 11.6. The molecule has 0 amide bonds. The Kier molecular flexibility index (Phi) is 10.2. The maximum atomic E-state index is 16.2. The number of para-hydroxylation sites is 2. The quantitative estimate of drug-likeness (QED) is 0.148. The number of hydrogen-bond donors (Lipinski definition) is 0. The zero-order valence-electron chi connectivity index (χ0n) is 32.3. The summed E-state index contributed by atoms with van der Waals surface area (Å²) in [6.07, 6.45) is 6.62. The van der Waals surface area contributed by atoms with Crippen LogP contribution in [0.1, 0.15) is 0 Å². The Hall–Kier alpha value is -7.06. The summed E-state index contributed by atoms with van der Waals surface area (Å²) in [5.74, 6) is 0.299. The number of aromatic nitrogens is 7. The monoisotopic (exact) mass is 1180 g/mol. The second kappa shape index (κ2) is 16.0. The fourth-order valence-corrected chi connectivity index (χ4v) is 8.16. The molecule has 0 spiro atoms. The molecule has 12 aromatic rings. The molecule has 0 radical (unpaired) electrons. The van der Waals surface area contributed by atoms with Gasteiger partial charge in [0.2, 0.25) is 5.95 Å². The summed E-state index contributed by atoms with van der Waals surface area (Å²) in [4.78, 5) is 18.2. The summed E-state index contributed by atoms with van der Waals surface area (Å²) in [6, 6.07) is 51.9. The van der Waals surface area contributed by atoms with Crippen LogP contribution >= 0.6 is 0 Å². The van der Waals surface area contributed by atoms with E-state index in [9.17, 15) is 0 Å². The molecule has 0 unspecified atom stereocenters. The number of halogens is 2. The Balaban J connectivity index is 0.00000236. The van der Waals surface area contributed by atoms with Gasteiger partial charge in [-0.05, 0) is 53.2 Å². The van der Waals surface area contributed by atoms with Crippen LogP contribution in [0, 0.1) is 35.9 Å². The van der Waals surface area contributed by atoms with Crippen LogP contribution in [-0.2, 0) is 42.1 Å². The van der Waals surface area contributed by atoms with Gasteiger partial charge in [0.25, 0.3) is 0 Å². The fraction of sp³-hybridized carbons (Fsp3) is 0. The van der Waals surface area contributed by atoms with E-state index >= 15 is 8.78 Å². The number of fused-ring (bicyclic) bond motifs is 9. The number of hydrogen-bond acceptors (Lipinski definition) is 6. The number of benzene rings is 6. The fourth-order valence-electron chi connectivity index (χ4n) is 8.16. The molecule has 0 bridgehead atoms. The molecule has 9 nitrogen and oxygen atoms in total. The van der Waals surface area contributed by atoms with Crippen molar-refractivity contribution in [2.45, 2.75) is 0 Å². The first-order valence-corrected chi connectivity index (χ1v) is 19.3. The number of ether oxygens (including phenoxy) is 2. The second-order valence-electron chi connectivity index (χ2n) is 14.3. The van der Waals surface area contributed by atoms with Gasteiger partial charge in [0.05, 0.1) is 0 Å². The van der Waals surface area contributed by atoms with Crippen molar-refractivity contribution in [2.24, 2.45) is 0 Å². The van der Waals surface area contributed by atoms with Gasteiger partial charge in [0.15, 0.2) is 0 Å². The van der Waals surface area contributed by atoms with Gasteiger partial charge in [-0.15, -0.1) is 59.3 Å². The van der Waals surface area contributed by atoms with Gasteiger partial charge in [-0.25, -0.2) is 19.9 Å². The molecule has 63 heavy (non-hydrogen) atoms. The van der Waals surface area contributed by atoms with Gasteiger partial charge in [-0.2, -0.15) is 22.9 Å². The van der Waals surface area contributed by atoms with Crippen LogP contribution < -0.4 is 9.47 Å². The molecule has 306 valence electrons. The summed E-state index contributed by atoms with van der Waals surface area (Å²) in [5, 5.41) is 4.57. The third-order valence-electron chi connectivity index (χ3n) is 10.7. The Morgan fingerprint density at radius 3 is 1.29 bits per heavy atom. The zero-order valence-corrected chi connectivity index (χ0v) is 36.8. The van der Waals surface area contributed by atoms with Crippen LogP contribution in [0.4, 0.5) is 8.78 Å². The van der Waals surface area contributed by atoms with E-state index in [1.54, 1.807) is 47.6 Å². The first kappa shape index (κ1) is 40.0. The average Bonchev–Trinajstić information content (AvgIpc) is 3.92. The average molecular weight is 1180 g/mol. The summed E-state index contributed by atoms with van der Waals surface area (Å²) in [7, 11) is 0. The maximum absolute atomic E-state index is 16.2. The summed E-state index contributed by atoms with van der Waals surface area (Å²) in [5.41, 5.74) is 3.96. The van der Waals surface area contributed by atoms with Crippen LogP contribution in [0.15, 0.2) is 152 Å². The molecular weight excluding hydrogens is 1160 g/mol. The van der Waals surface area contributed by atoms with Crippen LogP contribution in [-0.4, -0.2) is 33.6 Å². The van der Waals surface area contributed by atoms with E-state index in [1.165, 1.54) is 12.1 Å². The summed E-state index contributed by atoms with van der Waals surface area (Å²) < 4.78 is 50.5. The van der Waals surface area contributed by atoms with Gasteiger partial charge in [0, 0.05) is 70.5 Å². The standard InChI is InChI=1S/C50H25F2N7O2.2Pt/c51-38-26-36-37-27-39(52)47(61-31-17-19-35-33-11-2-4-13-41(33)58(43(35)25-31)49-15-6-8-21-54-49)29-45(37)59(50-55-22-9-23-56-50)44(36)28-46(38)60-30-16-18-34-32-10-1-3-12-40(32)57(42(34)24-30)48-14-5-7-20-53-48;;/h1-23,26-27H;;/q-4;2*+2. The molecule has 0 aliphatic heterocycles. The van der Waals surface area contributed by atoms with Gasteiger partial charge >= 0.3 is 42.1 Å². The molecule has 13 heteroatoms. The molecule has 0 saturated heterocycles. The maximum Gasteiger partial charge on any atom is 2.00 e. The van der Waals surface area contributed by atoms with Crippen molar-refractivity contribution < 1.29 is 60.4 Å². The molecule has 6 heterocycles. The van der Waals surface area contributed by atoms with Gasteiger partial charge in [-0.3, -0.25) is 8.78 Å². The molecule has 0 aliphatic rings. The molecule has 0 N–H and O–H groups in total. The third-order valence-corrected chi connectivity index (χ3v) is 10.7. The van der Waals surface area contributed by atoms with Gasteiger partial charge < -0.3 is 23.2 Å². The SMILES string of the molecule is Fc1cc2c3cc(F)c(Oc4[c-]c5c(cc4)c4ccccc4n5-c4ccccn4)[c-]c3n(-c3ncccn3)c2[c-]c1Oc1[c-]c2c(cc1)c1ccccc1n2-c1ccccn1.[Pt+2].[Pt+2]. The van der Waals surface area contributed by atoms with Gasteiger partial charge in [0.1, 0.15) is 11.6 Å². The normalized spacial score (nSPS) is 11.4. The van der Waals surface area contributed by atoms with Crippen LogP contribution in [0.5, 0.6) is 23.0 Å². The topological polar surface area (TPSA) is 84.8 Å². The minimum atomic E-state index is -0.716. The molecule has 0 aliphatic carbocycles. The minimum absolute atomic E-state index is 0. The van der Waals surface area contributed by atoms with Crippen molar-refractivity contribution in [3.05, 3.63) is 188 Å². The van der Waals surface area contributed by atoms with Crippen LogP contribution in [0.25, 0.3) is 83.0 Å². The molecule has 6 aromatic carbocycles. The Morgan fingerprint density at radius 2 is 0.825 bits per heavy atom. The van der Waals surface area contributed by atoms with Crippen molar-refractivity contribution in [2.75, 3.05) is 0 Å². The van der Waals surface area contributed by atoms with Crippen molar-refractivity contribution in [3.63, 3.8) is 0 Å². The predicted molar refractivity (Wildman–Crippen MR) is 229 cm³/mol. The van der Waals surface area contributed by atoms with Crippen molar-refractivity contribution in [1.29, 1.82) is 0 Å². The minimum Gasteiger partial charge on any atom is -0.506 e. The van der Waals surface area contributed by atoms with Crippen molar-refractivity contribution >= 4 is 65.4 Å². The number of nitrogens with zero attached hydrogens (tertiary/aromatic N) is 7. The summed E-state index contributed by atoms with van der Waals surface area (Å²) >= 11 is 0. The molecule has 12 rings (SSSR count). The smallest absolute Gasteiger partial charge is 0.506 e. The second-order valence-corrected chi connectivity index (χ2v) is 14.3. The molecular formula is C50H25F2N7O2Pt2. The summed E-state index contributed by atoms with van der Waals surface area (Å²) in [6.45, 7) is 0.